The van der Waals surface area contributed by atoms with E-state index >= 15 is 0 Å². The molecule has 0 aromatic heterocycles. The molecule has 1 aromatic carbocycles. The lowest BCUT2D eigenvalue weighted by atomic mass is 10.0. The molecule has 4 unspecified atom stereocenters. The molecule has 0 saturated heterocycles. The third kappa shape index (κ3) is 1.53. The van der Waals surface area contributed by atoms with Crippen LogP contribution in [0.25, 0.3) is 0 Å². The van der Waals surface area contributed by atoms with E-state index in [0.717, 1.165) is 23.7 Å². The molecule has 0 radical (unpaired) electrons. The van der Waals surface area contributed by atoms with Gasteiger partial charge in [0, 0.05) is 18.2 Å². The van der Waals surface area contributed by atoms with Crippen molar-refractivity contribution in [2.45, 2.75) is 31.8 Å². The zero-order valence-electron chi connectivity index (χ0n) is 10.2. The SMILES string of the molecule is Fc1ccc(F)c(CNC2C3C4CCC(C4)C23)c1. The molecule has 3 aliphatic rings. The van der Waals surface area contributed by atoms with Crippen molar-refractivity contribution in [3.8, 4) is 0 Å². The third-order valence-corrected chi connectivity index (χ3v) is 5.27. The van der Waals surface area contributed by atoms with Crippen LogP contribution in [0.15, 0.2) is 18.2 Å². The quantitative estimate of drug-likeness (QED) is 0.868. The van der Waals surface area contributed by atoms with E-state index in [1.54, 1.807) is 0 Å². The second-order valence-corrected chi connectivity index (χ2v) is 6.13. The number of fused-ring (bicyclic) bond motifs is 5. The van der Waals surface area contributed by atoms with Crippen LogP contribution >= 0.6 is 0 Å². The van der Waals surface area contributed by atoms with Gasteiger partial charge < -0.3 is 5.32 Å². The Morgan fingerprint density at radius 3 is 2.56 bits per heavy atom. The van der Waals surface area contributed by atoms with Gasteiger partial charge in [-0.3, -0.25) is 0 Å². The third-order valence-electron chi connectivity index (χ3n) is 5.27. The van der Waals surface area contributed by atoms with E-state index in [1.165, 1.54) is 37.5 Å². The minimum absolute atomic E-state index is 0.308. The maximum absolute atomic E-state index is 13.5. The van der Waals surface area contributed by atoms with E-state index in [4.69, 9.17) is 0 Å². The summed E-state index contributed by atoms with van der Waals surface area (Å²) < 4.78 is 26.5. The molecular weight excluding hydrogens is 232 g/mol. The van der Waals surface area contributed by atoms with Crippen molar-refractivity contribution in [2.24, 2.45) is 23.7 Å². The van der Waals surface area contributed by atoms with Gasteiger partial charge in [-0.25, -0.2) is 8.78 Å². The lowest BCUT2D eigenvalue weighted by Crippen LogP contribution is -2.23. The van der Waals surface area contributed by atoms with Gasteiger partial charge in [0.05, 0.1) is 0 Å². The Hall–Kier alpha value is -0.960. The molecule has 4 rings (SSSR count). The Morgan fingerprint density at radius 1 is 1.11 bits per heavy atom. The van der Waals surface area contributed by atoms with Gasteiger partial charge in [0.1, 0.15) is 11.6 Å². The Balaban J connectivity index is 1.41. The van der Waals surface area contributed by atoms with Crippen molar-refractivity contribution in [1.29, 1.82) is 0 Å². The van der Waals surface area contributed by atoms with E-state index in [-0.39, 0.29) is 11.6 Å². The normalized spacial score (nSPS) is 40.0. The summed E-state index contributed by atoms with van der Waals surface area (Å²) in [6, 6.07) is 4.25. The van der Waals surface area contributed by atoms with Crippen molar-refractivity contribution in [3.05, 3.63) is 35.4 Å². The summed E-state index contributed by atoms with van der Waals surface area (Å²) in [4.78, 5) is 0. The lowest BCUT2D eigenvalue weighted by Gasteiger charge is -2.11. The summed E-state index contributed by atoms with van der Waals surface area (Å²) in [6.45, 7) is 0.459. The van der Waals surface area contributed by atoms with Crippen LogP contribution in [-0.2, 0) is 6.54 Å². The van der Waals surface area contributed by atoms with E-state index in [2.05, 4.69) is 5.32 Å². The van der Waals surface area contributed by atoms with Gasteiger partial charge in [-0.05, 0) is 61.1 Å². The first kappa shape index (κ1) is 10.9. The summed E-state index contributed by atoms with van der Waals surface area (Å²) in [5.41, 5.74) is 0.451. The minimum Gasteiger partial charge on any atom is -0.309 e. The van der Waals surface area contributed by atoms with E-state index < -0.39 is 0 Å². The average Bonchev–Trinajstić information content (AvgIpc) is 2.76. The van der Waals surface area contributed by atoms with Crippen molar-refractivity contribution < 1.29 is 8.78 Å². The number of nitrogens with one attached hydrogen (secondary N) is 1. The predicted molar refractivity (Wildman–Crippen MR) is 64.8 cm³/mol. The Morgan fingerprint density at radius 2 is 1.83 bits per heavy atom. The Bertz CT molecular complexity index is 471. The van der Waals surface area contributed by atoms with E-state index in [0.29, 0.717) is 18.2 Å². The summed E-state index contributed by atoms with van der Waals surface area (Å²) in [7, 11) is 0. The maximum Gasteiger partial charge on any atom is 0.127 e. The van der Waals surface area contributed by atoms with Gasteiger partial charge in [-0.1, -0.05) is 0 Å². The first-order chi connectivity index (χ1) is 8.74. The smallest absolute Gasteiger partial charge is 0.127 e. The molecule has 4 atom stereocenters. The molecule has 2 bridgehead atoms. The van der Waals surface area contributed by atoms with Gasteiger partial charge in [0.15, 0.2) is 0 Å². The zero-order chi connectivity index (χ0) is 12.3. The zero-order valence-corrected chi connectivity index (χ0v) is 10.2. The van der Waals surface area contributed by atoms with Crippen LogP contribution in [-0.4, -0.2) is 6.04 Å². The average molecular weight is 249 g/mol. The summed E-state index contributed by atoms with van der Waals surface area (Å²) in [5, 5.41) is 3.44. The van der Waals surface area contributed by atoms with Crippen LogP contribution in [0, 0.1) is 35.3 Å². The molecule has 18 heavy (non-hydrogen) atoms. The number of hydrogen-bond donors (Lipinski definition) is 1. The molecule has 1 aromatic rings. The van der Waals surface area contributed by atoms with Crippen LogP contribution in [0.4, 0.5) is 8.78 Å². The molecule has 96 valence electrons. The highest BCUT2D eigenvalue weighted by Crippen LogP contribution is 2.65. The molecule has 0 amide bonds. The lowest BCUT2D eigenvalue weighted by molar-refractivity contribution is 0.456. The van der Waals surface area contributed by atoms with Gasteiger partial charge in [0.2, 0.25) is 0 Å². The highest BCUT2D eigenvalue weighted by Gasteiger charge is 2.64. The topological polar surface area (TPSA) is 12.0 Å². The summed E-state index contributed by atoms with van der Waals surface area (Å²) in [5.74, 6) is 2.83. The monoisotopic (exact) mass is 249 g/mol. The minimum atomic E-state index is -0.357. The van der Waals surface area contributed by atoms with Crippen molar-refractivity contribution in [2.75, 3.05) is 0 Å². The van der Waals surface area contributed by atoms with Crippen LogP contribution in [0.1, 0.15) is 24.8 Å². The van der Waals surface area contributed by atoms with Crippen molar-refractivity contribution in [1.82, 2.24) is 5.32 Å². The summed E-state index contributed by atoms with van der Waals surface area (Å²) >= 11 is 0. The number of benzene rings is 1. The number of rotatable bonds is 3. The Labute approximate surface area is 106 Å². The molecule has 3 fully saturated rings. The molecular formula is C15H17F2N. The molecule has 3 heteroatoms. The molecule has 3 saturated carbocycles. The molecule has 0 heterocycles. The van der Waals surface area contributed by atoms with Crippen molar-refractivity contribution in [3.63, 3.8) is 0 Å². The molecule has 1 N–H and O–H groups in total. The van der Waals surface area contributed by atoms with Crippen LogP contribution in [0.2, 0.25) is 0 Å². The first-order valence-corrected chi connectivity index (χ1v) is 6.91. The second kappa shape index (κ2) is 3.77. The fraction of sp³-hybridized carbons (Fsp3) is 0.600. The van der Waals surface area contributed by atoms with Gasteiger partial charge in [-0.2, -0.15) is 0 Å². The van der Waals surface area contributed by atoms with E-state index in [1.807, 2.05) is 0 Å². The van der Waals surface area contributed by atoms with Gasteiger partial charge in [0.25, 0.3) is 0 Å². The second-order valence-electron chi connectivity index (χ2n) is 6.13. The number of halogens is 2. The standard InChI is InChI=1S/C15H17F2N/c16-11-3-4-12(17)10(6-11)7-18-15-13-8-1-2-9(5-8)14(13)15/h3-4,6,8-9,13-15,18H,1-2,5,7H2. The maximum atomic E-state index is 13.5. The molecule has 0 aliphatic heterocycles. The van der Waals surface area contributed by atoms with Crippen LogP contribution in [0.3, 0.4) is 0 Å². The van der Waals surface area contributed by atoms with Gasteiger partial charge in [-0.15, -0.1) is 0 Å². The van der Waals surface area contributed by atoms with Crippen LogP contribution < -0.4 is 5.32 Å². The highest BCUT2D eigenvalue weighted by molar-refractivity contribution is 5.21. The number of hydrogen-bond acceptors (Lipinski definition) is 1. The van der Waals surface area contributed by atoms with Crippen LogP contribution in [0.5, 0.6) is 0 Å². The highest BCUT2D eigenvalue weighted by atomic mass is 19.1. The van der Waals surface area contributed by atoms with Gasteiger partial charge >= 0.3 is 0 Å². The van der Waals surface area contributed by atoms with Crippen molar-refractivity contribution >= 4 is 0 Å². The largest absolute Gasteiger partial charge is 0.309 e. The van der Waals surface area contributed by atoms with E-state index in [9.17, 15) is 8.78 Å². The fourth-order valence-corrected chi connectivity index (χ4v) is 4.50. The summed E-state index contributed by atoms with van der Waals surface area (Å²) in [6.07, 6.45) is 4.19. The Kier molecular flexibility index (Phi) is 2.28. The molecule has 1 nitrogen and oxygen atoms in total. The molecule has 0 spiro atoms. The molecule has 3 aliphatic carbocycles. The first-order valence-electron chi connectivity index (χ1n) is 6.91. The fourth-order valence-electron chi connectivity index (χ4n) is 4.50. The predicted octanol–water partition coefficient (Wildman–Crippen LogP) is 3.10.